The largest absolute Gasteiger partial charge is 0.343 e. The highest BCUT2D eigenvalue weighted by Crippen LogP contribution is 2.46. The number of carbonyl (C=O) groups is 3. The molecule has 3 saturated heterocycles. The Morgan fingerprint density at radius 1 is 0.765 bits per heavy atom. The van der Waals surface area contributed by atoms with Crippen LogP contribution in [0.15, 0.2) is 42.5 Å². The van der Waals surface area contributed by atoms with E-state index in [9.17, 15) is 14.4 Å². The maximum atomic E-state index is 14.4. The fraction of sp³-hybridized carbons (Fsp3) is 0.651. The molecule has 4 heterocycles. The standard InChI is InChI=1S/C43H61N5O3/c1-42(2)19-20-43(3,4)37-29-31(12-13-36(37)42)28-33(40(50)47-25-15-34(16-26-47)45-21-8-5-9-22-45)30-39(49)46-23-17-35(18-24-46)48-27-14-32-10-6-7-11-38(32)44-41(48)51/h6-7,10-13,29,33-35H,5,8-9,14-28,30H2,1-4H3,(H,44,51). The summed E-state index contributed by atoms with van der Waals surface area (Å²) >= 11 is 0. The van der Waals surface area contributed by atoms with Crippen molar-refractivity contribution in [1.82, 2.24) is 19.6 Å². The molecule has 51 heavy (non-hydrogen) atoms. The van der Waals surface area contributed by atoms with Crippen molar-refractivity contribution in [3.63, 3.8) is 0 Å². The van der Waals surface area contributed by atoms with Crippen LogP contribution in [-0.4, -0.2) is 95.3 Å². The smallest absolute Gasteiger partial charge is 0.322 e. The van der Waals surface area contributed by atoms with Crippen LogP contribution in [0.2, 0.25) is 0 Å². The molecule has 5 aliphatic rings. The van der Waals surface area contributed by atoms with Crippen LogP contribution in [0, 0.1) is 5.92 Å². The second-order valence-electron chi connectivity index (χ2n) is 17.5. The molecule has 1 unspecified atom stereocenters. The maximum absolute atomic E-state index is 14.4. The van der Waals surface area contributed by atoms with Gasteiger partial charge in [-0.15, -0.1) is 0 Å². The molecule has 1 atom stereocenters. The minimum Gasteiger partial charge on any atom is -0.343 e. The Hall–Kier alpha value is -3.39. The molecule has 3 fully saturated rings. The van der Waals surface area contributed by atoms with E-state index in [0.717, 1.165) is 57.3 Å². The zero-order valence-electron chi connectivity index (χ0n) is 31.7. The van der Waals surface area contributed by atoms with Gasteiger partial charge < -0.3 is 24.9 Å². The maximum Gasteiger partial charge on any atom is 0.322 e. The normalized spacial score (nSPS) is 23.5. The van der Waals surface area contributed by atoms with E-state index in [1.807, 2.05) is 28.0 Å². The zero-order chi connectivity index (χ0) is 35.8. The van der Waals surface area contributed by atoms with Crippen LogP contribution in [0.5, 0.6) is 0 Å². The van der Waals surface area contributed by atoms with Crippen LogP contribution in [0.25, 0.3) is 0 Å². The van der Waals surface area contributed by atoms with Crippen molar-refractivity contribution in [2.45, 2.75) is 128 Å². The van der Waals surface area contributed by atoms with Crippen LogP contribution in [0.4, 0.5) is 10.5 Å². The summed E-state index contributed by atoms with van der Waals surface area (Å²) in [4.78, 5) is 50.4. The van der Waals surface area contributed by atoms with Gasteiger partial charge in [-0.05, 0) is 116 Å². The van der Waals surface area contributed by atoms with Gasteiger partial charge in [0.05, 0.1) is 5.92 Å². The van der Waals surface area contributed by atoms with Gasteiger partial charge in [0.25, 0.3) is 0 Å². The van der Waals surface area contributed by atoms with Crippen molar-refractivity contribution in [3.8, 4) is 0 Å². The van der Waals surface area contributed by atoms with Gasteiger partial charge in [0, 0.05) is 56.9 Å². The van der Waals surface area contributed by atoms with Crippen LogP contribution in [0.1, 0.15) is 114 Å². The number of para-hydroxylation sites is 1. The first-order valence-electron chi connectivity index (χ1n) is 20.1. The summed E-state index contributed by atoms with van der Waals surface area (Å²) in [6.07, 6.45) is 11.4. The summed E-state index contributed by atoms with van der Waals surface area (Å²) in [6.45, 7) is 15.2. The number of amides is 4. The Bertz CT molecular complexity index is 1580. The van der Waals surface area contributed by atoms with E-state index in [0.29, 0.717) is 32.1 Å². The van der Waals surface area contributed by atoms with Crippen molar-refractivity contribution < 1.29 is 14.4 Å². The molecular weight excluding hydrogens is 635 g/mol. The molecule has 8 heteroatoms. The summed E-state index contributed by atoms with van der Waals surface area (Å²) in [6, 6.07) is 15.6. The van der Waals surface area contributed by atoms with Gasteiger partial charge in [-0.3, -0.25) is 9.59 Å². The number of nitrogens with zero attached hydrogens (tertiary/aromatic N) is 4. The molecule has 7 rings (SSSR count). The molecule has 1 aliphatic carbocycles. The zero-order valence-corrected chi connectivity index (χ0v) is 31.7. The van der Waals surface area contributed by atoms with Gasteiger partial charge in [0.1, 0.15) is 0 Å². The highest BCUT2D eigenvalue weighted by Gasteiger charge is 2.39. The number of piperidine rings is 3. The molecule has 4 aliphatic heterocycles. The molecule has 4 amide bonds. The fourth-order valence-corrected chi connectivity index (χ4v) is 9.79. The predicted octanol–water partition coefficient (Wildman–Crippen LogP) is 7.14. The second-order valence-corrected chi connectivity index (χ2v) is 17.5. The third-order valence-electron chi connectivity index (χ3n) is 13.3. The average Bonchev–Trinajstić information content (AvgIpc) is 3.31. The number of carbonyl (C=O) groups excluding carboxylic acids is 3. The number of nitrogens with one attached hydrogen (secondary N) is 1. The van der Waals surface area contributed by atoms with Gasteiger partial charge >= 0.3 is 6.03 Å². The summed E-state index contributed by atoms with van der Waals surface area (Å²) in [5, 5.41) is 3.11. The number of fused-ring (bicyclic) bond motifs is 2. The van der Waals surface area contributed by atoms with Gasteiger partial charge in [0.15, 0.2) is 0 Å². The first kappa shape index (κ1) is 36.0. The number of hydrogen-bond acceptors (Lipinski definition) is 4. The van der Waals surface area contributed by atoms with E-state index in [4.69, 9.17) is 0 Å². The summed E-state index contributed by atoms with van der Waals surface area (Å²) in [7, 11) is 0. The van der Waals surface area contributed by atoms with E-state index in [1.54, 1.807) is 0 Å². The van der Waals surface area contributed by atoms with Gasteiger partial charge in [-0.25, -0.2) is 4.79 Å². The Labute approximate surface area is 306 Å². The first-order valence-corrected chi connectivity index (χ1v) is 20.1. The molecule has 0 bridgehead atoms. The Morgan fingerprint density at radius 2 is 1.41 bits per heavy atom. The first-order chi connectivity index (χ1) is 24.5. The molecule has 276 valence electrons. The topological polar surface area (TPSA) is 76.2 Å². The molecule has 1 N–H and O–H groups in total. The number of rotatable bonds is 7. The van der Waals surface area contributed by atoms with Crippen molar-refractivity contribution in [1.29, 1.82) is 0 Å². The lowest BCUT2D eigenvalue weighted by atomic mass is 9.63. The quantitative estimate of drug-likeness (QED) is 0.334. The average molecular weight is 696 g/mol. The van der Waals surface area contributed by atoms with Crippen molar-refractivity contribution in [2.24, 2.45) is 5.92 Å². The number of hydrogen-bond donors (Lipinski definition) is 1. The van der Waals surface area contributed by atoms with E-state index < -0.39 is 0 Å². The molecular formula is C43H61N5O3. The van der Waals surface area contributed by atoms with Crippen LogP contribution in [0.3, 0.4) is 0 Å². The van der Waals surface area contributed by atoms with Gasteiger partial charge in [0.2, 0.25) is 11.8 Å². The lowest BCUT2D eigenvalue weighted by Crippen LogP contribution is -2.51. The number of anilines is 1. The van der Waals surface area contributed by atoms with Crippen LogP contribution < -0.4 is 5.32 Å². The van der Waals surface area contributed by atoms with Crippen molar-refractivity contribution in [3.05, 3.63) is 64.7 Å². The van der Waals surface area contributed by atoms with E-state index in [2.05, 4.69) is 67.1 Å². The Morgan fingerprint density at radius 3 is 2.14 bits per heavy atom. The van der Waals surface area contributed by atoms with Gasteiger partial charge in [-0.2, -0.15) is 0 Å². The number of urea groups is 1. The Balaban J connectivity index is 1.03. The molecule has 0 spiro atoms. The number of likely N-dealkylation sites (tertiary alicyclic amines) is 3. The molecule has 2 aromatic carbocycles. The molecule has 0 saturated carbocycles. The highest BCUT2D eigenvalue weighted by atomic mass is 16.2. The minimum atomic E-state index is -0.380. The lowest BCUT2D eigenvalue weighted by molar-refractivity contribution is -0.143. The van der Waals surface area contributed by atoms with E-state index >= 15 is 0 Å². The highest BCUT2D eigenvalue weighted by molar-refractivity contribution is 5.91. The molecule has 8 nitrogen and oxygen atoms in total. The minimum absolute atomic E-state index is 0.0453. The Kier molecular flexibility index (Phi) is 10.5. The monoisotopic (exact) mass is 695 g/mol. The van der Waals surface area contributed by atoms with E-state index in [-0.39, 0.29) is 47.1 Å². The molecule has 0 aromatic heterocycles. The SMILES string of the molecule is CC1(C)CCC(C)(C)c2cc(CC(CC(=O)N3CCC(N4CCc5ccccc5NC4=O)CC3)C(=O)N3CCC(N4CCCCC4)CC3)ccc21. The summed E-state index contributed by atoms with van der Waals surface area (Å²) in [5.41, 5.74) is 6.28. The summed E-state index contributed by atoms with van der Waals surface area (Å²) in [5.74, 6) is -0.162. The van der Waals surface area contributed by atoms with Crippen molar-refractivity contribution >= 4 is 23.5 Å². The number of benzene rings is 2. The summed E-state index contributed by atoms with van der Waals surface area (Å²) < 4.78 is 0. The molecule has 0 radical (unpaired) electrons. The fourth-order valence-electron chi connectivity index (χ4n) is 9.79. The van der Waals surface area contributed by atoms with E-state index in [1.165, 1.54) is 61.0 Å². The molecule has 2 aromatic rings. The van der Waals surface area contributed by atoms with Crippen molar-refractivity contribution in [2.75, 3.05) is 51.1 Å². The van der Waals surface area contributed by atoms with Gasteiger partial charge in [-0.1, -0.05) is 70.5 Å². The van der Waals surface area contributed by atoms with Crippen LogP contribution >= 0.6 is 0 Å². The third kappa shape index (κ3) is 7.86. The predicted molar refractivity (Wildman–Crippen MR) is 204 cm³/mol. The van der Waals surface area contributed by atoms with Crippen LogP contribution in [-0.2, 0) is 33.3 Å². The third-order valence-corrected chi connectivity index (χ3v) is 13.3. The lowest BCUT2D eigenvalue weighted by Gasteiger charge is -2.42. The second kappa shape index (κ2) is 14.9.